The van der Waals surface area contributed by atoms with Crippen molar-refractivity contribution in [1.29, 1.82) is 0 Å². The van der Waals surface area contributed by atoms with Crippen molar-refractivity contribution in [2.24, 2.45) is 5.92 Å². The lowest BCUT2D eigenvalue weighted by Gasteiger charge is -2.44. The van der Waals surface area contributed by atoms with Gasteiger partial charge in [-0.3, -0.25) is 4.90 Å². The van der Waals surface area contributed by atoms with E-state index in [1.54, 1.807) is 0 Å². The van der Waals surface area contributed by atoms with E-state index >= 15 is 0 Å². The quantitative estimate of drug-likeness (QED) is 0.885. The van der Waals surface area contributed by atoms with Crippen molar-refractivity contribution in [2.45, 2.75) is 70.1 Å². The van der Waals surface area contributed by atoms with Crippen LogP contribution in [0.2, 0.25) is 0 Å². The third-order valence-corrected chi connectivity index (χ3v) is 5.81. The van der Waals surface area contributed by atoms with Gasteiger partial charge < -0.3 is 5.11 Å². The molecule has 0 bridgehead atoms. The standard InChI is InChI=1S/C19H29NO/c1-13-7-6-8-15(11-13)20(3)18-12-14(2)16-9-4-5-10-17(16)19(18)21/h4-5,9-10,13-15,18-19,21H,6-8,11-12H2,1-3H3. The highest BCUT2D eigenvalue weighted by atomic mass is 16.3. The number of aliphatic hydroxyl groups excluding tert-OH is 1. The average molecular weight is 287 g/mol. The molecule has 0 aromatic heterocycles. The second-order valence-corrected chi connectivity index (χ2v) is 7.37. The van der Waals surface area contributed by atoms with Crippen LogP contribution in [0.1, 0.15) is 69.1 Å². The van der Waals surface area contributed by atoms with E-state index in [-0.39, 0.29) is 12.1 Å². The zero-order valence-corrected chi connectivity index (χ0v) is 13.6. The molecule has 2 heteroatoms. The van der Waals surface area contributed by atoms with Crippen LogP contribution in [0.25, 0.3) is 0 Å². The number of likely N-dealkylation sites (N-methyl/N-ethyl adjacent to an activating group) is 1. The summed E-state index contributed by atoms with van der Waals surface area (Å²) in [6.07, 6.45) is 6.02. The van der Waals surface area contributed by atoms with Gasteiger partial charge in [-0.05, 0) is 49.3 Å². The minimum absolute atomic E-state index is 0.269. The number of rotatable bonds is 2. The molecule has 0 saturated heterocycles. The van der Waals surface area contributed by atoms with Gasteiger partial charge in [-0.25, -0.2) is 0 Å². The fourth-order valence-corrected chi connectivity index (χ4v) is 4.49. The average Bonchev–Trinajstić information content (AvgIpc) is 2.50. The molecule has 3 rings (SSSR count). The normalized spacial score (nSPS) is 36.5. The van der Waals surface area contributed by atoms with Crippen molar-refractivity contribution < 1.29 is 5.11 Å². The molecule has 1 aromatic carbocycles. The molecule has 0 aliphatic heterocycles. The smallest absolute Gasteiger partial charge is 0.0948 e. The second-order valence-electron chi connectivity index (χ2n) is 7.37. The molecular weight excluding hydrogens is 258 g/mol. The molecule has 0 heterocycles. The van der Waals surface area contributed by atoms with Crippen molar-refractivity contribution in [3.63, 3.8) is 0 Å². The fourth-order valence-electron chi connectivity index (χ4n) is 4.49. The molecule has 5 unspecified atom stereocenters. The molecule has 1 saturated carbocycles. The van der Waals surface area contributed by atoms with Gasteiger partial charge >= 0.3 is 0 Å². The summed E-state index contributed by atoms with van der Waals surface area (Å²) in [5.74, 6) is 1.37. The van der Waals surface area contributed by atoms with Gasteiger partial charge in [0.2, 0.25) is 0 Å². The van der Waals surface area contributed by atoms with Gasteiger partial charge in [-0.15, -0.1) is 0 Å². The van der Waals surface area contributed by atoms with Gasteiger partial charge in [0.1, 0.15) is 0 Å². The van der Waals surface area contributed by atoms with Crippen LogP contribution in [-0.2, 0) is 0 Å². The van der Waals surface area contributed by atoms with Crippen molar-refractivity contribution in [2.75, 3.05) is 7.05 Å². The van der Waals surface area contributed by atoms with Gasteiger partial charge in [-0.2, -0.15) is 0 Å². The lowest BCUT2D eigenvalue weighted by molar-refractivity contribution is 0.00948. The molecule has 2 aliphatic carbocycles. The van der Waals surface area contributed by atoms with E-state index in [0.29, 0.717) is 12.0 Å². The summed E-state index contributed by atoms with van der Waals surface area (Å²) >= 11 is 0. The number of nitrogens with zero attached hydrogens (tertiary/aromatic N) is 1. The minimum atomic E-state index is -0.334. The van der Waals surface area contributed by atoms with Crippen LogP contribution >= 0.6 is 0 Å². The second kappa shape index (κ2) is 6.10. The van der Waals surface area contributed by atoms with E-state index in [2.05, 4.69) is 50.1 Å². The van der Waals surface area contributed by atoms with Crippen LogP contribution in [0.3, 0.4) is 0 Å². The van der Waals surface area contributed by atoms with Gasteiger partial charge in [0, 0.05) is 12.1 Å². The van der Waals surface area contributed by atoms with Crippen molar-refractivity contribution >= 4 is 0 Å². The van der Waals surface area contributed by atoms with Crippen LogP contribution in [0.5, 0.6) is 0 Å². The lowest BCUT2D eigenvalue weighted by Crippen LogP contribution is -2.47. The molecule has 1 N–H and O–H groups in total. The van der Waals surface area contributed by atoms with E-state index in [9.17, 15) is 5.11 Å². The molecule has 0 amide bonds. The first-order valence-electron chi connectivity index (χ1n) is 8.56. The SMILES string of the molecule is CC1CCCC(N(C)C2CC(C)c3ccccc3C2O)C1. The Morgan fingerprint density at radius 3 is 2.48 bits per heavy atom. The van der Waals surface area contributed by atoms with E-state index < -0.39 is 0 Å². The molecule has 1 aromatic rings. The maximum Gasteiger partial charge on any atom is 0.0948 e. The van der Waals surface area contributed by atoms with Crippen molar-refractivity contribution in [3.8, 4) is 0 Å². The van der Waals surface area contributed by atoms with Crippen LogP contribution in [0.4, 0.5) is 0 Å². The molecule has 21 heavy (non-hydrogen) atoms. The third kappa shape index (κ3) is 2.89. The summed E-state index contributed by atoms with van der Waals surface area (Å²) < 4.78 is 0. The first-order chi connectivity index (χ1) is 10.1. The van der Waals surface area contributed by atoms with Gasteiger partial charge in [-0.1, -0.05) is 51.0 Å². The predicted molar refractivity (Wildman–Crippen MR) is 87.4 cm³/mol. The Balaban J connectivity index is 1.80. The molecule has 2 nitrogen and oxygen atoms in total. The number of aliphatic hydroxyl groups is 1. The third-order valence-electron chi connectivity index (χ3n) is 5.81. The Bertz CT molecular complexity index is 486. The summed E-state index contributed by atoms with van der Waals surface area (Å²) in [6.45, 7) is 4.67. The maximum atomic E-state index is 10.9. The Labute approximate surface area is 129 Å². The minimum Gasteiger partial charge on any atom is -0.387 e. The topological polar surface area (TPSA) is 23.5 Å². The summed E-state index contributed by atoms with van der Waals surface area (Å²) in [6, 6.07) is 9.35. The van der Waals surface area contributed by atoms with E-state index in [1.165, 1.54) is 31.2 Å². The Hall–Kier alpha value is -0.860. The van der Waals surface area contributed by atoms with Crippen LogP contribution in [-0.4, -0.2) is 29.1 Å². The van der Waals surface area contributed by atoms with Crippen LogP contribution in [0.15, 0.2) is 24.3 Å². The number of hydrogen-bond donors (Lipinski definition) is 1. The highest BCUT2D eigenvalue weighted by Gasteiger charge is 2.37. The summed E-state index contributed by atoms with van der Waals surface area (Å²) in [5.41, 5.74) is 2.49. The highest BCUT2D eigenvalue weighted by molar-refractivity contribution is 5.35. The number of hydrogen-bond acceptors (Lipinski definition) is 2. The van der Waals surface area contributed by atoms with Crippen molar-refractivity contribution in [1.82, 2.24) is 4.90 Å². The Morgan fingerprint density at radius 1 is 1.05 bits per heavy atom. The fraction of sp³-hybridized carbons (Fsp3) is 0.684. The first-order valence-corrected chi connectivity index (χ1v) is 8.56. The maximum absolute atomic E-state index is 10.9. The van der Waals surface area contributed by atoms with E-state index in [4.69, 9.17) is 0 Å². The van der Waals surface area contributed by atoms with Crippen LogP contribution < -0.4 is 0 Å². The predicted octanol–water partition coefficient (Wildman–Crippen LogP) is 4.11. The summed E-state index contributed by atoms with van der Waals surface area (Å²) in [5, 5.41) is 10.9. The first kappa shape index (κ1) is 15.1. The molecule has 0 radical (unpaired) electrons. The largest absolute Gasteiger partial charge is 0.387 e. The Kier molecular flexibility index (Phi) is 4.37. The molecule has 1 fully saturated rings. The van der Waals surface area contributed by atoms with Gasteiger partial charge in [0.25, 0.3) is 0 Å². The van der Waals surface area contributed by atoms with Gasteiger partial charge in [0.05, 0.1) is 6.10 Å². The highest BCUT2D eigenvalue weighted by Crippen LogP contribution is 2.41. The Morgan fingerprint density at radius 2 is 1.76 bits per heavy atom. The zero-order chi connectivity index (χ0) is 15.0. The molecule has 116 valence electrons. The molecular formula is C19H29NO. The van der Waals surface area contributed by atoms with E-state index in [1.807, 2.05) is 0 Å². The summed E-state index contributed by atoms with van der Waals surface area (Å²) in [4.78, 5) is 2.49. The summed E-state index contributed by atoms with van der Waals surface area (Å²) in [7, 11) is 2.23. The number of fused-ring (bicyclic) bond motifs is 1. The van der Waals surface area contributed by atoms with Gasteiger partial charge in [0.15, 0.2) is 0 Å². The van der Waals surface area contributed by atoms with Crippen molar-refractivity contribution in [3.05, 3.63) is 35.4 Å². The lowest BCUT2D eigenvalue weighted by atomic mass is 9.77. The zero-order valence-electron chi connectivity index (χ0n) is 13.6. The van der Waals surface area contributed by atoms with E-state index in [0.717, 1.165) is 17.9 Å². The van der Waals surface area contributed by atoms with Crippen LogP contribution in [0, 0.1) is 5.92 Å². The monoisotopic (exact) mass is 287 g/mol. The molecule has 2 aliphatic rings. The molecule has 5 atom stereocenters. The number of benzene rings is 1. The molecule has 0 spiro atoms.